The average Bonchev–Trinajstić information content (AvgIpc) is 2.53. The molecule has 4 nitrogen and oxygen atoms in total. The molecule has 0 saturated carbocycles. The van der Waals surface area contributed by atoms with Crippen LogP contribution in [0.3, 0.4) is 0 Å². The summed E-state index contributed by atoms with van der Waals surface area (Å²) >= 11 is 3.46. The average molecular weight is 377 g/mol. The summed E-state index contributed by atoms with van der Waals surface area (Å²) in [6, 6.07) is 13.5. The van der Waals surface area contributed by atoms with Crippen molar-refractivity contribution in [2.45, 2.75) is 20.3 Å². The van der Waals surface area contributed by atoms with Crippen molar-refractivity contribution < 1.29 is 9.53 Å². The molecule has 0 radical (unpaired) electrons. The van der Waals surface area contributed by atoms with E-state index in [2.05, 4.69) is 26.6 Å². The second kappa shape index (κ2) is 8.58. The monoisotopic (exact) mass is 376 g/mol. The quantitative estimate of drug-likeness (QED) is 0.742. The van der Waals surface area contributed by atoms with E-state index in [9.17, 15) is 4.79 Å². The van der Waals surface area contributed by atoms with Crippen LogP contribution in [-0.2, 0) is 4.79 Å². The summed E-state index contributed by atoms with van der Waals surface area (Å²) < 4.78 is 6.53. The zero-order valence-electron chi connectivity index (χ0n) is 13.4. The van der Waals surface area contributed by atoms with Crippen LogP contribution in [-0.4, -0.2) is 19.1 Å². The highest BCUT2D eigenvalue weighted by Crippen LogP contribution is 2.23. The Hall–Kier alpha value is -2.01. The molecule has 0 aromatic heterocycles. The summed E-state index contributed by atoms with van der Waals surface area (Å²) in [5.74, 6) is 0.778. The third-order valence-electron chi connectivity index (χ3n) is 3.31. The molecule has 5 heteroatoms. The number of ether oxygens (including phenoxy) is 1. The number of aryl methyl sites for hydroxylation is 1. The Morgan fingerprint density at radius 3 is 2.74 bits per heavy atom. The fourth-order valence-electron chi connectivity index (χ4n) is 2.10. The fourth-order valence-corrected chi connectivity index (χ4v) is 2.48. The molecule has 0 atom stereocenters. The standard InChI is InChI=1S/C18H21BrN2O2/c1-3-23-17-7-5-4-6-16(17)20-11-10-18(22)21-14-9-8-13(2)15(19)12-14/h4-9,12,20H,3,10-11H2,1-2H3,(H,21,22). The predicted molar refractivity (Wildman–Crippen MR) is 98.2 cm³/mol. The Bertz CT molecular complexity index is 674. The van der Waals surface area contributed by atoms with Gasteiger partial charge in [0.2, 0.25) is 5.91 Å². The van der Waals surface area contributed by atoms with E-state index in [4.69, 9.17) is 4.74 Å². The van der Waals surface area contributed by atoms with Crippen molar-refractivity contribution in [2.75, 3.05) is 23.8 Å². The minimum Gasteiger partial charge on any atom is -0.492 e. The predicted octanol–water partition coefficient (Wildman–Crippen LogP) is 4.60. The number of anilines is 2. The van der Waals surface area contributed by atoms with E-state index in [0.717, 1.165) is 27.2 Å². The topological polar surface area (TPSA) is 50.4 Å². The van der Waals surface area contributed by atoms with Gasteiger partial charge in [0.25, 0.3) is 0 Å². The van der Waals surface area contributed by atoms with E-state index < -0.39 is 0 Å². The highest BCUT2D eigenvalue weighted by molar-refractivity contribution is 9.10. The van der Waals surface area contributed by atoms with Gasteiger partial charge in [-0.2, -0.15) is 0 Å². The van der Waals surface area contributed by atoms with Crippen LogP contribution < -0.4 is 15.4 Å². The first kappa shape index (κ1) is 17.3. The van der Waals surface area contributed by atoms with Crippen molar-refractivity contribution >= 4 is 33.2 Å². The molecule has 23 heavy (non-hydrogen) atoms. The van der Waals surface area contributed by atoms with Gasteiger partial charge in [-0.25, -0.2) is 0 Å². The van der Waals surface area contributed by atoms with E-state index in [1.54, 1.807) is 0 Å². The van der Waals surface area contributed by atoms with Crippen LogP contribution in [0.4, 0.5) is 11.4 Å². The van der Waals surface area contributed by atoms with E-state index in [0.29, 0.717) is 19.6 Å². The van der Waals surface area contributed by atoms with Gasteiger partial charge in [0.1, 0.15) is 5.75 Å². The Morgan fingerprint density at radius 2 is 2.00 bits per heavy atom. The van der Waals surface area contributed by atoms with Crippen LogP contribution in [0.25, 0.3) is 0 Å². The molecule has 2 rings (SSSR count). The number of amides is 1. The second-order valence-corrected chi connectivity index (χ2v) is 5.97. The summed E-state index contributed by atoms with van der Waals surface area (Å²) in [5, 5.41) is 6.14. The van der Waals surface area contributed by atoms with Crippen LogP contribution >= 0.6 is 15.9 Å². The highest BCUT2D eigenvalue weighted by atomic mass is 79.9. The summed E-state index contributed by atoms with van der Waals surface area (Å²) in [5.41, 5.74) is 2.83. The second-order valence-electron chi connectivity index (χ2n) is 5.12. The number of hydrogen-bond donors (Lipinski definition) is 2. The van der Waals surface area contributed by atoms with Crippen LogP contribution in [0, 0.1) is 6.92 Å². The SMILES string of the molecule is CCOc1ccccc1NCCC(=O)Nc1ccc(C)c(Br)c1. The van der Waals surface area contributed by atoms with Gasteiger partial charge in [0, 0.05) is 23.1 Å². The third kappa shape index (κ3) is 5.28. The summed E-state index contributed by atoms with van der Waals surface area (Å²) in [7, 11) is 0. The van der Waals surface area contributed by atoms with E-state index in [1.807, 2.05) is 56.3 Å². The maximum Gasteiger partial charge on any atom is 0.226 e. The molecule has 0 fully saturated rings. The van der Waals surface area contributed by atoms with Gasteiger partial charge in [0.05, 0.1) is 12.3 Å². The highest BCUT2D eigenvalue weighted by Gasteiger charge is 2.06. The van der Waals surface area contributed by atoms with Gasteiger partial charge in [-0.05, 0) is 43.7 Å². The normalized spacial score (nSPS) is 10.2. The first-order valence-corrected chi connectivity index (χ1v) is 8.41. The number of benzene rings is 2. The minimum absolute atomic E-state index is 0.0258. The van der Waals surface area contributed by atoms with Gasteiger partial charge >= 0.3 is 0 Å². The molecule has 0 aliphatic carbocycles. The Morgan fingerprint density at radius 1 is 1.22 bits per heavy atom. The van der Waals surface area contributed by atoms with Gasteiger partial charge < -0.3 is 15.4 Å². The molecule has 0 saturated heterocycles. The molecule has 0 spiro atoms. The zero-order valence-corrected chi connectivity index (χ0v) is 14.9. The molecule has 122 valence electrons. The number of carbonyl (C=O) groups is 1. The Kier molecular flexibility index (Phi) is 6.47. The Balaban J connectivity index is 1.84. The third-order valence-corrected chi connectivity index (χ3v) is 4.16. The zero-order chi connectivity index (χ0) is 16.7. The molecule has 0 aliphatic heterocycles. The Labute approximate surface area is 145 Å². The molecule has 2 N–H and O–H groups in total. The number of rotatable bonds is 7. The van der Waals surface area contributed by atoms with E-state index >= 15 is 0 Å². The van der Waals surface area contributed by atoms with E-state index in [-0.39, 0.29) is 5.91 Å². The molecule has 2 aromatic rings. The van der Waals surface area contributed by atoms with Gasteiger partial charge in [-0.1, -0.05) is 34.1 Å². The molecule has 0 bridgehead atoms. The number of nitrogens with one attached hydrogen (secondary N) is 2. The van der Waals surface area contributed by atoms with Gasteiger partial charge in [-0.15, -0.1) is 0 Å². The van der Waals surface area contributed by atoms with Crippen molar-refractivity contribution in [3.8, 4) is 5.75 Å². The van der Waals surface area contributed by atoms with Crippen molar-refractivity contribution in [1.29, 1.82) is 0 Å². The van der Waals surface area contributed by atoms with Crippen molar-refractivity contribution in [3.05, 3.63) is 52.5 Å². The lowest BCUT2D eigenvalue weighted by Gasteiger charge is -2.12. The molecule has 2 aromatic carbocycles. The number of hydrogen-bond acceptors (Lipinski definition) is 3. The smallest absolute Gasteiger partial charge is 0.226 e. The lowest BCUT2D eigenvalue weighted by molar-refractivity contribution is -0.115. The first-order chi connectivity index (χ1) is 11.1. The molecule has 0 heterocycles. The van der Waals surface area contributed by atoms with Crippen LogP contribution in [0.1, 0.15) is 18.9 Å². The lowest BCUT2D eigenvalue weighted by Crippen LogP contribution is -2.16. The maximum atomic E-state index is 12.0. The number of halogens is 1. The summed E-state index contributed by atoms with van der Waals surface area (Å²) in [6.07, 6.45) is 0.381. The van der Waals surface area contributed by atoms with Crippen LogP contribution in [0.15, 0.2) is 46.9 Å². The van der Waals surface area contributed by atoms with Crippen LogP contribution in [0.5, 0.6) is 5.75 Å². The lowest BCUT2D eigenvalue weighted by atomic mass is 10.2. The molecular formula is C18H21BrN2O2. The van der Waals surface area contributed by atoms with Gasteiger partial charge in [-0.3, -0.25) is 4.79 Å². The van der Waals surface area contributed by atoms with Crippen molar-refractivity contribution in [3.63, 3.8) is 0 Å². The molecule has 0 unspecified atom stereocenters. The van der Waals surface area contributed by atoms with E-state index in [1.165, 1.54) is 0 Å². The van der Waals surface area contributed by atoms with Crippen LogP contribution in [0.2, 0.25) is 0 Å². The minimum atomic E-state index is -0.0258. The molecule has 0 aliphatic rings. The number of para-hydroxylation sites is 2. The fraction of sp³-hybridized carbons (Fsp3) is 0.278. The van der Waals surface area contributed by atoms with Gasteiger partial charge in [0.15, 0.2) is 0 Å². The summed E-state index contributed by atoms with van der Waals surface area (Å²) in [6.45, 7) is 5.11. The molecular weight excluding hydrogens is 356 g/mol. The molecule has 1 amide bonds. The van der Waals surface area contributed by atoms with Crippen molar-refractivity contribution in [2.24, 2.45) is 0 Å². The summed E-state index contributed by atoms with van der Waals surface area (Å²) in [4.78, 5) is 12.0. The van der Waals surface area contributed by atoms with Crippen molar-refractivity contribution in [1.82, 2.24) is 0 Å². The first-order valence-electron chi connectivity index (χ1n) is 7.62. The number of carbonyl (C=O) groups excluding carboxylic acids is 1. The maximum absolute atomic E-state index is 12.0. The largest absolute Gasteiger partial charge is 0.492 e.